The number of benzene rings is 1. The van der Waals surface area contributed by atoms with Gasteiger partial charge in [-0.3, -0.25) is 25.3 Å². The molecule has 0 spiro atoms. The lowest BCUT2D eigenvalue weighted by atomic mass is 10.1. The van der Waals surface area contributed by atoms with Gasteiger partial charge in [0, 0.05) is 0 Å². The molecule has 0 radical (unpaired) electrons. The van der Waals surface area contributed by atoms with Gasteiger partial charge in [0.2, 0.25) is 0 Å². The van der Waals surface area contributed by atoms with E-state index in [1.165, 1.54) is 0 Å². The Bertz CT molecular complexity index is 781. The highest BCUT2D eigenvalue weighted by atomic mass is 16.5. The first-order chi connectivity index (χ1) is 12.9. The molecule has 0 fully saturated rings. The third kappa shape index (κ3) is 6.14. The summed E-state index contributed by atoms with van der Waals surface area (Å²) in [5, 5.41) is 0. The Kier molecular flexibility index (Phi) is 7.43. The molecule has 2 N–H and O–H groups in total. The number of furan rings is 1. The molecule has 0 unspecified atom stereocenters. The molecule has 27 heavy (non-hydrogen) atoms. The zero-order valence-electron chi connectivity index (χ0n) is 16.3. The zero-order valence-corrected chi connectivity index (χ0v) is 16.3. The molecule has 0 saturated carbocycles. The average Bonchev–Trinajstić information content (AvgIpc) is 3.13. The van der Waals surface area contributed by atoms with Gasteiger partial charge in [-0.2, -0.15) is 0 Å². The van der Waals surface area contributed by atoms with E-state index in [0.717, 1.165) is 24.2 Å². The van der Waals surface area contributed by atoms with Crippen molar-refractivity contribution in [3.63, 3.8) is 0 Å². The highest BCUT2D eigenvalue weighted by molar-refractivity contribution is 5.93. The lowest BCUT2D eigenvalue weighted by Crippen LogP contribution is -2.43. The predicted octanol–water partition coefficient (Wildman–Crippen LogP) is 2.58. The molecule has 0 bridgehead atoms. The minimum Gasteiger partial charge on any atom is -0.483 e. The number of hydrogen-bond donors (Lipinski definition) is 2. The van der Waals surface area contributed by atoms with Crippen molar-refractivity contribution in [3.05, 3.63) is 53.0 Å². The number of hydrazine groups is 1. The molecule has 7 nitrogen and oxygen atoms in total. The summed E-state index contributed by atoms with van der Waals surface area (Å²) in [7, 11) is 0. The van der Waals surface area contributed by atoms with Crippen LogP contribution in [0.1, 0.15) is 41.3 Å². The van der Waals surface area contributed by atoms with E-state index in [1.54, 1.807) is 12.1 Å². The van der Waals surface area contributed by atoms with Gasteiger partial charge in [0.05, 0.1) is 6.54 Å². The zero-order chi connectivity index (χ0) is 19.8. The number of aryl methyl sites for hydroxylation is 2. The molecule has 0 atom stereocenters. The molecule has 1 aromatic carbocycles. The maximum absolute atomic E-state index is 12.1. The maximum atomic E-state index is 12.1. The van der Waals surface area contributed by atoms with E-state index in [0.29, 0.717) is 18.1 Å². The Hall–Kier alpha value is -2.80. The number of nitrogens with zero attached hydrogens (tertiary/aromatic N) is 1. The quantitative estimate of drug-likeness (QED) is 0.695. The molecule has 1 heterocycles. The molecular weight excluding hydrogens is 346 g/mol. The molecule has 0 aliphatic heterocycles. The van der Waals surface area contributed by atoms with E-state index in [-0.39, 0.29) is 12.4 Å². The third-order valence-electron chi connectivity index (χ3n) is 4.18. The molecule has 2 amide bonds. The molecule has 146 valence electrons. The molecule has 1 aromatic heterocycles. The van der Waals surface area contributed by atoms with Crippen molar-refractivity contribution in [1.29, 1.82) is 0 Å². The molecule has 0 saturated heterocycles. The van der Waals surface area contributed by atoms with Gasteiger partial charge >= 0.3 is 5.91 Å². The van der Waals surface area contributed by atoms with Crippen LogP contribution in [0.3, 0.4) is 0 Å². The van der Waals surface area contributed by atoms with Crippen molar-refractivity contribution in [2.75, 3.05) is 19.7 Å². The first-order valence-electron chi connectivity index (χ1n) is 9.03. The summed E-state index contributed by atoms with van der Waals surface area (Å²) in [5.41, 5.74) is 6.64. The summed E-state index contributed by atoms with van der Waals surface area (Å²) in [4.78, 5) is 26.1. The van der Waals surface area contributed by atoms with E-state index in [4.69, 9.17) is 9.15 Å². The number of hydrogen-bond acceptors (Lipinski definition) is 5. The van der Waals surface area contributed by atoms with Crippen LogP contribution >= 0.6 is 0 Å². The molecular formula is C20H27N3O4. The Morgan fingerprint density at radius 3 is 2.52 bits per heavy atom. The van der Waals surface area contributed by atoms with Crippen LogP contribution in [0.15, 0.2) is 34.7 Å². The monoisotopic (exact) mass is 373 g/mol. The van der Waals surface area contributed by atoms with Gasteiger partial charge in [-0.05, 0) is 56.3 Å². The fourth-order valence-electron chi connectivity index (χ4n) is 2.48. The normalized spacial score (nSPS) is 10.7. The lowest BCUT2D eigenvalue weighted by molar-refractivity contribution is -0.123. The molecule has 0 aliphatic carbocycles. The van der Waals surface area contributed by atoms with E-state index >= 15 is 0 Å². The Balaban J connectivity index is 1.80. The summed E-state index contributed by atoms with van der Waals surface area (Å²) < 4.78 is 11.0. The number of carbonyl (C=O) groups is 2. The highest BCUT2D eigenvalue weighted by Crippen LogP contribution is 2.18. The van der Waals surface area contributed by atoms with Gasteiger partial charge in [0.1, 0.15) is 11.5 Å². The number of amides is 2. The van der Waals surface area contributed by atoms with Crippen LogP contribution in [0.5, 0.6) is 5.75 Å². The second kappa shape index (κ2) is 9.78. The lowest BCUT2D eigenvalue weighted by Gasteiger charge is -2.15. The Morgan fingerprint density at radius 1 is 1.07 bits per heavy atom. The highest BCUT2D eigenvalue weighted by Gasteiger charge is 2.14. The van der Waals surface area contributed by atoms with Crippen LogP contribution in [-0.2, 0) is 11.3 Å². The van der Waals surface area contributed by atoms with Crippen molar-refractivity contribution in [2.24, 2.45) is 0 Å². The molecule has 2 rings (SSSR count). The van der Waals surface area contributed by atoms with Crippen LogP contribution in [0, 0.1) is 13.8 Å². The standard InChI is InChI=1S/C20H27N3O4/c1-5-23(6-2)12-16-9-10-17(27-16)20(25)22-21-19(24)13-26-18-11-14(3)7-8-15(18)4/h7-11H,5-6,12-13H2,1-4H3,(H,21,24)(H,22,25). The minimum absolute atomic E-state index is 0.146. The topological polar surface area (TPSA) is 83.8 Å². The second-order valence-electron chi connectivity index (χ2n) is 6.29. The van der Waals surface area contributed by atoms with Crippen LogP contribution < -0.4 is 15.6 Å². The van der Waals surface area contributed by atoms with Crippen LogP contribution in [0.2, 0.25) is 0 Å². The summed E-state index contributed by atoms with van der Waals surface area (Å²) >= 11 is 0. The fraction of sp³-hybridized carbons (Fsp3) is 0.400. The average molecular weight is 373 g/mol. The van der Waals surface area contributed by atoms with Gasteiger partial charge < -0.3 is 9.15 Å². The number of rotatable bonds is 8. The van der Waals surface area contributed by atoms with Crippen molar-refractivity contribution in [3.8, 4) is 5.75 Å². The van der Waals surface area contributed by atoms with Crippen molar-refractivity contribution >= 4 is 11.8 Å². The first kappa shape index (κ1) is 20.5. The van der Waals surface area contributed by atoms with E-state index in [2.05, 4.69) is 29.6 Å². The second-order valence-corrected chi connectivity index (χ2v) is 6.29. The van der Waals surface area contributed by atoms with Crippen LogP contribution in [0.25, 0.3) is 0 Å². The van der Waals surface area contributed by atoms with Gasteiger partial charge in [-0.25, -0.2) is 0 Å². The molecule has 0 aliphatic rings. The van der Waals surface area contributed by atoms with E-state index in [9.17, 15) is 9.59 Å². The number of carbonyl (C=O) groups excluding carboxylic acids is 2. The summed E-state index contributed by atoms with van der Waals surface area (Å²) in [6.45, 7) is 10.2. The van der Waals surface area contributed by atoms with E-state index < -0.39 is 11.8 Å². The molecule has 2 aromatic rings. The van der Waals surface area contributed by atoms with Gasteiger partial charge in [-0.1, -0.05) is 26.0 Å². The fourth-order valence-corrected chi connectivity index (χ4v) is 2.48. The smallest absolute Gasteiger partial charge is 0.305 e. The maximum Gasteiger partial charge on any atom is 0.305 e. The number of nitrogens with one attached hydrogen (secondary N) is 2. The largest absolute Gasteiger partial charge is 0.483 e. The van der Waals surface area contributed by atoms with Crippen molar-refractivity contribution < 1.29 is 18.7 Å². The summed E-state index contributed by atoms with van der Waals surface area (Å²) in [6, 6.07) is 9.12. The Labute approximate surface area is 159 Å². The summed E-state index contributed by atoms with van der Waals surface area (Å²) in [5.74, 6) is 0.518. The van der Waals surface area contributed by atoms with Gasteiger partial charge in [0.15, 0.2) is 12.4 Å². The summed E-state index contributed by atoms with van der Waals surface area (Å²) in [6.07, 6.45) is 0. The van der Waals surface area contributed by atoms with Gasteiger partial charge in [-0.15, -0.1) is 0 Å². The number of ether oxygens (including phenoxy) is 1. The van der Waals surface area contributed by atoms with Crippen LogP contribution in [-0.4, -0.2) is 36.4 Å². The Morgan fingerprint density at radius 2 is 1.81 bits per heavy atom. The van der Waals surface area contributed by atoms with Crippen molar-refractivity contribution in [1.82, 2.24) is 15.8 Å². The van der Waals surface area contributed by atoms with Crippen molar-refractivity contribution in [2.45, 2.75) is 34.2 Å². The minimum atomic E-state index is -0.513. The molecule has 7 heteroatoms. The van der Waals surface area contributed by atoms with E-state index in [1.807, 2.05) is 32.0 Å². The van der Waals surface area contributed by atoms with Crippen LogP contribution in [0.4, 0.5) is 0 Å². The van der Waals surface area contributed by atoms with Gasteiger partial charge in [0.25, 0.3) is 5.91 Å². The predicted molar refractivity (Wildman–Crippen MR) is 102 cm³/mol. The SMILES string of the molecule is CCN(CC)Cc1ccc(C(=O)NNC(=O)COc2cc(C)ccc2C)o1. The third-order valence-corrected chi connectivity index (χ3v) is 4.18. The first-order valence-corrected chi connectivity index (χ1v) is 9.03.